The van der Waals surface area contributed by atoms with Crippen molar-refractivity contribution in [2.24, 2.45) is 0 Å². The highest BCUT2D eigenvalue weighted by molar-refractivity contribution is 7.15. The zero-order chi connectivity index (χ0) is 17.5. The lowest BCUT2D eigenvalue weighted by Crippen LogP contribution is -2.11. The maximum absolute atomic E-state index is 11.9. The number of hydrogen-bond acceptors (Lipinski definition) is 5. The van der Waals surface area contributed by atoms with Gasteiger partial charge in [-0.25, -0.2) is 9.97 Å². The lowest BCUT2D eigenvalue weighted by Gasteiger charge is -2.01. The second-order valence-electron chi connectivity index (χ2n) is 5.74. The van der Waals surface area contributed by atoms with Crippen LogP contribution in [0.3, 0.4) is 0 Å². The van der Waals surface area contributed by atoms with Gasteiger partial charge in [-0.2, -0.15) is 0 Å². The first-order chi connectivity index (χ1) is 11.5. The van der Waals surface area contributed by atoms with Gasteiger partial charge in [-0.1, -0.05) is 32.6 Å². The van der Waals surface area contributed by atoms with Gasteiger partial charge in [-0.15, -0.1) is 11.3 Å². The van der Waals surface area contributed by atoms with Gasteiger partial charge in [0.2, 0.25) is 5.91 Å². The number of anilines is 1. The SMILES string of the molecule is C=C/C(=C\C)CC(=O)Nc1ncc(CCc2ncc(C(C)C)o2)s1. The highest BCUT2D eigenvalue weighted by atomic mass is 32.1. The molecule has 0 aliphatic rings. The topological polar surface area (TPSA) is 68.0 Å². The normalized spacial score (nSPS) is 11.8. The molecule has 2 rings (SSSR count). The highest BCUT2D eigenvalue weighted by Gasteiger charge is 2.10. The Kier molecular flexibility index (Phi) is 6.49. The van der Waals surface area contributed by atoms with Gasteiger partial charge in [0.25, 0.3) is 0 Å². The highest BCUT2D eigenvalue weighted by Crippen LogP contribution is 2.21. The molecule has 2 aromatic rings. The zero-order valence-electron chi connectivity index (χ0n) is 14.3. The lowest BCUT2D eigenvalue weighted by molar-refractivity contribution is -0.115. The van der Waals surface area contributed by atoms with E-state index in [2.05, 4.69) is 35.7 Å². The smallest absolute Gasteiger partial charge is 0.230 e. The third-order valence-electron chi connectivity index (χ3n) is 3.52. The van der Waals surface area contributed by atoms with Gasteiger partial charge in [0.05, 0.1) is 12.6 Å². The number of aromatic nitrogens is 2. The predicted octanol–water partition coefficient (Wildman–Crippen LogP) is 4.50. The van der Waals surface area contributed by atoms with Gasteiger partial charge in [0.1, 0.15) is 5.76 Å². The number of carbonyl (C=O) groups is 1. The monoisotopic (exact) mass is 345 g/mol. The Morgan fingerprint density at radius 1 is 1.38 bits per heavy atom. The summed E-state index contributed by atoms with van der Waals surface area (Å²) in [6, 6.07) is 0. The van der Waals surface area contributed by atoms with Crippen molar-refractivity contribution in [2.75, 3.05) is 5.32 Å². The molecule has 0 unspecified atom stereocenters. The Hall–Kier alpha value is -2.21. The molecule has 0 aliphatic heterocycles. The van der Waals surface area contributed by atoms with E-state index >= 15 is 0 Å². The zero-order valence-corrected chi connectivity index (χ0v) is 15.2. The summed E-state index contributed by atoms with van der Waals surface area (Å²) in [5.74, 6) is 1.90. The van der Waals surface area contributed by atoms with Crippen molar-refractivity contribution in [2.45, 2.75) is 46.0 Å². The second-order valence-corrected chi connectivity index (χ2v) is 6.85. The third-order valence-corrected chi connectivity index (χ3v) is 4.50. The van der Waals surface area contributed by atoms with E-state index in [1.807, 2.05) is 13.0 Å². The van der Waals surface area contributed by atoms with Crippen molar-refractivity contribution in [3.63, 3.8) is 0 Å². The molecule has 0 aromatic carbocycles. The lowest BCUT2D eigenvalue weighted by atomic mass is 10.2. The van der Waals surface area contributed by atoms with Crippen molar-refractivity contribution < 1.29 is 9.21 Å². The molecule has 0 saturated carbocycles. The maximum atomic E-state index is 11.9. The molecule has 2 aromatic heterocycles. The standard InChI is InChI=1S/C18H23N3O2S/c1-5-13(6-2)9-16(22)21-18-20-10-14(24-18)7-8-17-19-11-15(23-17)12(3)4/h5-6,10-12H,1,7-9H2,2-4H3,(H,20,21,22)/b13-6+. The summed E-state index contributed by atoms with van der Waals surface area (Å²) in [6.45, 7) is 9.73. The number of hydrogen-bond donors (Lipinski definition) is 1. The quantitative estimate of drug-likeness (QED) is 0.715. The maximum Gasteiger partial charge on any atom is 0.230 e. The van der Waals surface area contributed by atoms with Crippen molar-refractivity contribution in [3.05, 3.63) is 53.2 Å². The van der Waals surface area contributed by atoms with Crippen LogP contribution in [-0.2, 0) is 17.6 Å². The van der Waals surface area contributed by atoms with Gasteiger partial charge < -0.3 is 9.73 Å². The van der Waals surface area contributed by atoms with Crippen molar-refractivity contribution in [1.82, 2.24) is 9.97 Å². The number of amides is 1. The van der Waals surface area contributed by atoms with Crippen molar-refractivity contribution >= 4 is 22.4 Å². The molecule has 0 fully saturated rings. The molecule has 128 valence electrons. The fourth-order valence-corrected chi connectivity index (χ4v) is 2.89. The van der Waals surface area contributed by atoms with Gasteiger partial charge >= 0.3 is 0 Å². The van der Waals surface area contributed by atoms with Crippen LogP contribution in [0.15, 0.2) is 41.1 Å². The van der Waals surface area contributed by atoms with Crippen LogP contribution < -0.4 is 5.32 Å². The predicted molar refractivity (Wildman–Crippen MR) is 97.3 cm³/mol. The molecule has 0 aliphatic carbocycles. The van der Waals surface area contributed by atoms with Crippen LogP contribution >= 0.6 is 11.3 Å². The first-order valence-corrected chi connectivity index (χ1v) is 8.80. The van der Waals surface area contributed by atoms with Gasteiger partial charge in [0.15, 0.2) is 11.0 Å². The summed E-state index contributed by atoms with van der Waals surface area (Å²) in [6.07, 6.45) is 8.97. The van der Waals surface area contributed by atoms with Gasteiger partial charge in [0, 0.05) is 23.4 Å². The average molecular weight is 345 g/mol. The summed E-state index contributed by atoms with van der Waals surface area (Å²) in [7, 11) is 0. The molecule has 24 heavy (non-hydrogen) atoms. The summed E-state index contributed by atoms with van der Waals surface area (Å²) in [5, 5.41) is 3.43. The van der Waals surface area contributed by atoms with Crippen LogP contribution in [0.5, 0.6) is 0 Å². The van der Waals surface area contributed by atoms with Gasteiger partial charge in [-0.3, -0.25) is 4.79 Å². The number of allylic oxidation sites excluding steroid dienone is 2. The Balaban J connectivity index is 1.86. The number of carbonyl (C=O) groups excluding carboxylic acids is 1. The van der Waals surface area contributed by atoms with E-state index in [0.29, 0.717) is 17.5 Å². The Morgan fingerprint density at radius 2 is 2.17 bits per heavy atom. The summed E-state index contributed by atoms with van der Waals surface area (Å²) < 4.78 is 5.69. The first-order valence-electron chi connectivity index (χ1n) is 7.98. The fourth-order valence-electron chi connectivity index (χ4n) is 2.06. The third kappa shape index (κ3) is 5.16. The summed E-state index contributed by atoms with van der Waals surface area (Å²) >= 11 is 1.48. The molecular formula is C18H23N3O2S. The van der Waals surface area contributed by atoms with Crippen LogP contribution in [0, 0.1) is 0 Å². The molecule has 6 heteroatoms. The Labute approximate surface area is 146 Å². The van der Waals surface area contributed by atoms with E-state index in [4.69, 9.17) is 4.42 Å². The molecule has 0 bridgehead atoms. The summed E-state index contributed by atoms with van der Waals surface area (Å²) in [4.78, 5) is 21.6. The number of aryl methyl sites for hydroxylation is 2. The molecule has 5 nitrogen and oxygen atoms in total. The molecule has 1 amide bonds. The van der Waals surface area contributed by atoms with Crippen LogP contribution in [-0.4, -0.2) is 15.9 Å². The van der Waals surface area contributed by atoms with Crippen molar-refractivity contribution in [3.8, 4) is 0 Å². The number of rotatable bonds is 8. The summed E-state index contributed by atoms with van der Waals surface area (Å²) in [5.41, 5.74) is 0.897. The first kappa shape index (κ1) is 18.1. The molecule has 0 saturated heterocycles. The molecule has 0 spiro atoms. The van der Waals surface area contributed by atoms with Crippen LogP contribution in [0.4, 0.5) is 5.13 Å². The van der Waals surface area contributed by atoms with E-state index < -0.39 is 0 Å². The largest absolute Gasteiger partial charge is 0.445 e. The van der Waals surface area contributed by atoms with Crippen LogP contribution in [0.1, 0.15) is 49.6 Å². The fraction of sp³-hybridized carbons (Fsp3) is 0.389. The molecule has 0 atom stereocenters. The van der Waals surface area contributed by atoms with E-state index in [9.17, 15) is 4.79 Å². The van der Waals surface area contributed by atoms with E-state index in [1.54, 1.807) is 18.5 Å². The minimum absolute atomic E-state index is 0.0850. The Bertz CT molecular complexity index is 728. The number of nitrogens with zero attached hydrogens (tertiary/aromatic N) is 2. The van der Waals surface area contributed by atoms with Crippen LogP contribution in [0.2, 0.25) is 0 Å². The second kappa shape index (κ2) is 8.59. The number of thiazole rings is 1. The van der Waals surface area contributed by atoms with E-state index in [0.717, 1.165) is 34.9 Å². The van der Waals surface area contributed by atoms with E-state index in [-0.39, 0.29) is 5.91 Å². The van der Waals surface area contributed by atoms with Crippen molar-refractivity contribution in [1.29, 1.82) is 0 Å². The molecule has 1 N–H and O–H groups in total. The molecule has 0 radical (unpaired) electrons. The molecular weight excluding hydrogens is 322 g/mol. The Morgan fingerprint density at radius 3 is 2.79 bits per heavy atom. The van der Waals surface area contributed by atoms with Crippen LogP contribution in [0.25, 0.3) is 0 Å². The number of oxazole rings is 1. The minimum atomic E-state index is -0.0850. The van der Waals surface area contributed by atoms with Gasteiger partial charge in [-0.05, 0) is 18.9 Å². The minimum Gasteiger partial charge on any atom is -0.445 e. The van der Waals surface area contributed by atoms with E-state index in [1.165, 1.54) is 11.3 Å². The molecule has 2 heterocycles. The average Bonchev–Trinajstić information content (AvgIpc) is 3.19. The number of nitrogens with one attached hydrogen (secondary N) is 1.